The zero-order valence-corrected chi connectivity index (χ0v) is 9.96. The van der Waals surface area contributed by atoms with Crippen LogP contribution in [0.15, 0.2) is 16.9 Å². The quantitative estimate of drug-likeness (QED) is 0.839. The van der Waals surface area contributed by atoms with Gasteiger partial charge in [0.1, 0.15) is 12.0 Å². The molecule has 2 rings (SSSR count). The number of aliphatic carboxylic acids is 1. The topological polar surface area (TPSA) is 92.4 Å². The highest BCUT2D eigenvalue weighted by molar-refractivity contribution is 5.79. The second kappa shape index (κ2) is 5.66. The van der Waals surface area contributed by atoms with Crippen molar-refractivity contribution in [3.63, 3.8) is 0 Å². The van der Waals surface area contributed by atoms with E-state index in [1.165, 1.54) is 6.26 Å². The van der Waals surface area contributed by atoms with Crippen LogP contribution in [0.25, 0.3) is 0 Å². The molecule has 6 heteroatoms. The molecule has 1 aromatic rings. The maximum absolute atomic E-state index is 11.9. The van der Waals surface area contributed by atoms with Crippen LogP contribution in [-0.4, -0.2) is 22.1 Å². The number of carboxylic acid groups (broad SMARTS) is 1. The molecule has 0 bridgehead atoms. The largest absolute Gasteiger partial charge is 0.481 e. The first kappa shape index (κ1) is 12.6. The van der Waals surface area contributed by atoms with Crippen molar-refractivity contribution >= 4 is 11.9 Å². The third-order valence-electron chi connectivity index (χ3n) is 3.38. The molecule has 1 heterocycles. The van der Waals surface area contributed by atoms with Gasteiger partial charge in [-0.3, -0.25) is 9.59 Å². The normalized spacial score (nSPS) is 23.6. The molecule has 0 saturated heterocycles. The molecule has 1 aliphatic carbocycles. The predicted molar refractivity (Wildman–Crippen MR) is 61.4 cm³/mol. The Morgan fingerprint density at radius 3 is 2.56 bits per heavy atom. The maximum atomic E-state index is 11.9. The van der Waals surface area contributed by atoms with Gasteiger partial charge < -0.3 is 14.9 Å². The number of hydrogen-bond acceptors (Lipinski definition) is 4. The van der Waals surface area contributed by atoms with E-state index in [1.807, 2.05) is 0 Å². The van der Waals surface area contributed by atoms with Gasteiger partial charge in [-0.05, 0) is 25.7 Å². The summed E-state index contributed by atoms with van der Waals surface area (Å²) in [6.45, 7) is 0.355. The Morgan fingerprint density at radius 1 is 1.33 bits per heavy atom. The van der Waals surface area contributed by atoms with Gasteiger partial charge in [-0.2, -0.15) is 0 Å². The fourth-order valence-electron chi connectivity index (χ4n) is 2.25. The fraction of sp³-hybridized carbons (Fsp3) is 0.583. The molecule has 1 saturated carbocycles. The number of carbonyl (C=O) groups is 2. The molecule has 1 aromatic heterocycles. The molecular weight excluding hydrogens is 236 g/mol. The third-order valence-corrected chi connectivity index (χ3v) is 3.38. The smallest absolute Gasteiger partial charge is 0.306 e. The van der Waals surface area contributed by atoms with Crippen molar-refractivity contribution in [3.8, 4) is 0 Å². The molecule has 98 valence electrons. The zero-order valence-electron chi connectivity index (χ0n) is 9.96. The molecule has 1 fully saturated rings. The minimum absolute atomic E-state index is 0.0261. The van der Waals surface area contributed by atoms with Gasteiger partial charge >= 0.3 is 5.97 Å². The Balaban J connectivity index is 1.75. The minimum Gasteiger partial charge on any atom is -0.481 e. The van der Waals surface area contributed by atoms with Crippen molar-refractivity contribution in [1.82, 2.24) is 10.5 Å². The van der Waals surface area contributed by atoms with E-state index in [1.54, 1.807) is 6.07 Å². The number of rotatable bonds is 4. The van der Waals surface area contributed by atoms with Gasteiger partial charge in [0.2, 0.25) is 5.91 Å². The molecule has 0 aromatic carbocycles. The monoisotopic (exact) mass is 252 g/mol. The van der Waals surface area contributed by atoms with E-state index in [0.29, 0.717) is 37.9 Å². The van der Waals surface area contributed by atoms with Crippen LogP contribution in [0.3, 0.4) is 0 Å². The average Bonchev–Trinajstić information content (AvgIpc) is 2.89. The minimum atomic E-state index is -0.753. The van der Waals surface area contributed by atoms with E-state index in [-0.39, 0.29) is 17.7 Å². The molecule has 1 aliphatic rings. The predicted octanol–water partition coefficient (Wildman–Crippen LogP) is 1.18. The Bertz CT molecular complexity index is 408. The van der Waals surface area contributed by atoms with Crippen LogP contribution in [0, 0.1) is 11.8 Å². The number of nitrogens with zero attached hydrogens (tertiary/aromatic N) is 1. The van der Waals surface area contributed by atoms with Crippen molar-refractivity contribution in [2.24, 2.45) is 11.8 Å². The Kier molecular flexibility index (Phi) is 3.96. The van der Waals surface area contributed by atoms with E-state index >= 15 is 0 Å². The molecule has 1 amide bonds. The number of hydrogen-bond donors (Lipinski definition) is 2. The lowest BCUT2D eigenvalue weighted by Gasteiger charge is -2.25. The number of carbonyl (C=O) groups excluding carboxylic acids is 1. The average molecular weight is 252 g/mol. The summed E-state index contributed by atoms with van der Waals surface area (Å²) in [4.78, 5) is 22.6. The van der Waals surface area contributed by atoms with Crippen LogP contribution < -0.4 is 5.32 Å². The van der Waals surface area contributed by atoms with E-state index in [0.717, 1.165) is 0 Å². The van der Waals surface area contributed by atoms with Crippen LogP contribution in [0.2, 0.25) is 0 Å². The number of amides is 1. The molecule has 0 aliphatic heterocycles. The summed E-state index contributed by atoms with van der Waals surface area (Å²) in [5.41, 5.74) is 0.683. The Hall–Kier alpha value is -1.85. The van der Waals surface area contributed by atoms with E-state index in [2.05, 4.69) is 15.0 Å². The second-order valence-electron chi connectivity index (χ2n) is 4.60. The van der Waals surface area contributed by atoms with Gasteiger partial charge in [0.15, 0.2) is 0 Å². The first-order valence-corrected chi connectivity index (χ1v) is 6.06. The zero-order chi connectivity index (χ0) is 13.0. The van der Waals surface area contributed by atoms with Gasteiger partial charge in [-0.25, -0.2) is 0 Å². The number of carboxylic acids is 1. The summed E-state index contributed by atoms with van der Waals surface area (Å²) in [6, 6.07) is 1.70. The van der Waals surface area contributed by atoms with Crippen LogP contribution >= 0.6 is 0 Å². The SMILES string of the molecule is O=C(O)C1CCC(C(=O)NCc2ccon2)CC1. The van der Waals surface area contributed by atoms with Crippen LogP contribution in [0.1, 0.15) is 31.4 Å². The van der Waals surface area contributed by atoms with Crippen molar-refractivity contribution in [1.29, 1.82) is 0 Å². The fourth-order valence-corrected chi connectivity index (χ4v) is 2.25. The van der Waals surface area contributed by atoms with Gasteiger partial charge in [0, 0.05) is 12.0 Å². The lowest BCUT2D eigenvalue weighted by molar-refractivity contribution is -0.144. The van der Waals surface area contributed by atoms with Crippen molar-refractivity contribution in [3.05, 3.63) is 18.0 Å². The van der Waals surface area contributed by atoms with Crippen molar-refractivity contribution < 1.29 is 19.2 Å². The van der Waals surface area contributed by atoms with Crippen LogP contribution in [0.5, 0.6) is 0 Å². The van der Waals surface area contributed by atoms with Gasteiger partial charge in [0.25, 0.3) is 0 Å². The molecule has 2 N–H and O–H groups in total. The molecule has 0 unspecified atom stereocenters. The number of nitrogens with one attached hydrogen (secondary N) is 1. The molecule has 18 heavy (non-hydrogen) atoms. The van der Waals surface area contributed by atoms with Crippen molar-refractivity contribution in [2.75, 3.05) is 0 Å². The van der Waals surface area contributed by atoms with Crippen molar-refractivity contribution in [2.45, 2.75) is 32.2 Å². The summed E-state index contributed by atoms with van der Waals surface area (Å²) >= 11 is 0. The first-order chi connectivity index (χ1) is 8.66. The summed E-state index contributed by atoms with van der Waals surface area (Å²) in [5, 5.41) is 15.4. The third kappa shape index (κ3) is 3.09. The van der Waals surface area contributed by atoms with Crippen LogP contribution in [-0.2, 0) is 16.1 Å². The standard InChI is InChI=1S/C12H16N2O4/c15-11(13-7-10-5-6-18-14-10)8-1-3-9(4-2-8)12(16)17/h5-6,8-9H,1-4,7H2,(H,13,15)(H,16,17). The van der Waals surface area contributed by atoms with E-state index in [4.69, 9.17) is 5.11 Å². The van der Waals surface area contributed by atoms with Gasteiger partial charge in [-0.1, -0.05) is 5.16 Å². The van der Waals surface area contributed by atoms with Gasteiger partial charge in [-0.15, -0.1) is 0 Å². The highest BCUT2D eigenvalue weighted by Crippen LogP contribution is 2.28. The summed E-state index contributed by atoms with van der Waals surface area (Å²) in [7, 11) is 0. The Labute approximate surface area is 104 Å². The van der Waals surface area contributed by atoms with Gasteiger partial charge in [0.05, 0.1) is 12.5 Å². The van der Waals surface area contributed by atoms with Crippen LogP contribution in [0.4, 0.5) is 0 Å². The Morgan fingerprint density at radius 2 is 2.00 bits per heavy atom. The molecule has 0 spiro atoms. The second-order valence-corrected chi connectivity index (χ2v) is 4.60. The highest BCUT2D eigenvalue weighted by atomic mass is 16.5. The molecule has 0 radical (unpaired) electrons. The summed E-state index contributed by atoms with van der Waals surface area (Å²) in [6.07, 6.45) is 3.90. The van der Waals surface area contributed by atoms with E-state index < -0.39 is 5.97 Å². The lowest BCUT2D eigenvalue weighted by atomic mass is 9.81. The van der Waals surface area contributed by atoms with E-state index in [9.17, 15) is 9.59 Å². The summed E-state index contributed by atoms with van der Waals surface area (Å²) in [5.74, 6) is -1.14. The maximum Gasteiger partial charge on any atom is 0.306 e. The summed E-state index contributed by atoms with van der Waals surface area (Å²) < 4.78 is 4.67. The molecule has 0 atom stereocenters. The molecular formula is C12H16N2O4. The number of aromatic nitrogens is 1. The molecule has 6 nitrogen and oxygen atoms in total. The first-order valence-electron chi connectivity index (χ1n) is 6.06. The highest BCUT2D eigenvalue weighted by Gasteiger charge is 2.29. The lowest BCUT2D eigenvalue weighted by Crippen LogP contribution is -2.34.